The van der Waals surface area contributed by atoms with Gasteiger partial charge in [-0.05, 0) is 32.6 Å². The molecule has 7 heteroatoms. The van der Waals surface area contributed by atoms with Crippen molar-refractivity contribution in [2.24, 2.45) is 10.9 Å². The van der Waals surface area contributed by atoms with E-state index in [4.69, 9.17) is 4.74 Å². The highest BCUT2D eigenvalue weighted by Gasteiger charge is 2.18. The zero-order valence-electron chi connectivity index (χ0n) is 14.4. The van der Waals surface area contributed by atoms with Gasteiger partial charge >= 0.3 is 0 Å². The summed E-state index contributed by atoms with van der Waals surface area (Å²) in [5.74, 6) is 1.62. The predicted molar refractivity (Wildman–Crippen MR) is 108 cm³/mol. The highest BCUT2D eigenvalue weighted by atomic mass is 127. The van der Waals surface area contributed by atoms with Crippen molar-refractivity contribution in [1.82, 2.24) is 15.2 Å². The molecule has 0 radical (unpaired) electrons. The third kappa shape index (κ3) is 7.34. The highest BCUT2D eigenvalue weighted by molar-refractivity contribution is 14.0. The second kappa shape index (κ2) is 11.2. The average molecular weight is 452 g/mol. The molecule has 0 amide bonds. The summed E-state index contributed by atoms with van der Waals surface area (Å²) in [5, 5.41) is 6.83. The molecule has 2 rings (SSSR count). The molecular weight excluding hydrogens is 423 g/mol. The Labute approximate surface area is 160 Å². The van der Waals surface area contributed by atoms with E-state index in [0.29, 0.717) is 5.92 Å². The van der Waals surface area contributed by atoms with E-state index in [1.165, 1.54) is 5.01 Å². The van der Waals surface area contributed by atoms with Crippen LogP contribution >= 0.6 is 35.3 Å². The van der Waals surface area contributed by atoms with Crippen LogP contribution in [0.5, 0.6) is 0 Å². The van der Waals surface area contributed by atoms with Crippen molar-refractivity contribution in [2.75, 3.05) is 40.4 Å². The number of rotatable bonds is 7. The lowest BCUT2D eigenvalue weighted by Gasteiger charge is -2.24. The molecule has 1 fully saturated rings. The summed E-state index contributed by atoms with van der Waals surface area (Å²) in [6.07, 6.45) is 4.54. The van der Waals surface area contributed by atoms with Crippen molar-refractivity contribution >= 4 is 41.3 Å². The SMILES string of the molecule is CN=C(NCCCCc1nc(C)cs1)N(C)CC1CCOC1.I. The minimum atomic E-state index is 0. The van der Waals surface area contributed by atoms with Crippen molar-refractivity contribution in [1.29, 1.82) is 0 Å². The first-order valence-electron chi connectivity index (χ1n) is 8.09. The smallest absolute Gasteiger partial charge is 0.193 e. The Balaban J connectivity index is 0.00000264. The van der Waals surface area contributed by atoms with Gasteiger partial charge in [-0.2, -0.15) is 0 Å². The van der Waals surface area contributed by atoms with Gasteiger partial charge in [-0.1, -0.05) is 0 Å². The van der Waals surface area contributed by atoms with E-state index >= 15 is 0 Å². The lowest BCUT2D eigenvalue weighted by molar-refractivity contribution is 0.181. The molecular formula is C16H29IN4OS. The fourth-order valence-electron chi connectivity index (χ4n) is 2.70. The van der Waals surface area contributed by atoms with E-state index in [-0.39, 0.29) is 24.0 Å². The van der Waals surface area contributed by atoms with E-state index in [0.717, 1.165) is 63.6 Å². The van der Waals surface area contributed by atoms with Gasteiger partial charge < -0.3 is 15.0 Å². The molecule has 5 nitrogen and oxygen atoms in total. The lowest BCUT2D eigenvalue weighted by Crippen LogP contribution is -2.41. The Morgan fingerprint density at radius 3 is 2.96 bits per heavy atom. The molecule has 23 heavy (non-hydrogen) atoms. The molecule has 0 saturated carbocycles. The van der Waals surface area contributed by atoms with Crippen molar-refractivity contribution in [3.63, 3.8) is 0 Å². The third-order valence-electron chi connectivity index (χ3n) is 3.90. The van der Waals surface area contributed by atoms with Crippen LogP contribution in [0, 0.1) is 12.8 Å². The van der Waals surface area contributed by atoms with Crippen LogP contribution in [-0.2, 0) is 11.2 Å². The lowest BCUT2D eigenvalue weighted by atomic mass is 10.1. The number of thiazole rings is 1. The van der Waals surface area contributed by atoms with Gasteiger partial charge in [0.15, 0.2) is 5.96 Å². The van der Waals surface area contributed by atoms with Crippen LogP contribution in [0.25, 0.3) is 0 Å². The molecule has 0 bridgehead atoms. The zero-order valence-corrected chi connectivity index (χ0v) is 17.5. The van der Waals surface area contributed by atoms with Gasteiger partial charge in [0.2, 0.25) is 0 Å². The van der Waals surface area contributed by atoms with E-state index in [1.807, 2.05) is 7.05 Å². The van der Waals surface area contributed by atoms with Crippen molar-refractivity contribution in [2.45, 2.75) is 32.6 Å². The molecule has 1 atom stereocenters. The highest BCUT2D eigenvalue weighted by Crippen LogP contribution is 2.13. The van der Waals surface area contributed by atoms with Crippen LogP contribution in [0.4, 0.5) is 0 Å². The Morgan fingerprint density at radius 2 is 2.35 bits per heavy atom. The maximum absolute atomic E-state index is 5.44. The van der Waals surface area contributed by atoms with Crippen molar-refractivity contribution in [3.8, 4) is 0 Å². The molecule has 1 aromatic heterocycles. The molecule has 1 saturated heterocycles. The van der Waals surface area contributed by atoms with Gasteiger partial charge in [0, 0.05) is 50.8 Å². The molecule has 0 aromatic carbocycles. The number of aromatic nitrogens is 1. The van der Waals surface area contributed by atoms with Crippen molar-refractivity contribution < 1.29 is 4.74 Å². The number of halogens is 1. The van der Waals surface area contributed by atoms with Crippen LogP contribution < -0.4 is 5.32 Å². The van der Waals surface area contributed by atoms with Crippen LogP contribution in [-0.4, -0.2) is 56.2 Å². The number of aryl methyl sites for hydroxylation is 2. The molecule has 0 spiro atoms. The fourth-order valence-corrected chi connectivity index (χ4v) is 3.52. The summed E-state index contributed by atoms with van der Waals surface area (Å²) in [5.41, 5.74) is 1.14. The van der Waals surface area contributed by atoms with Gasteiger partial charge in [-0.15, -0.1) is 35.3 Å². The van der Waals surface area contributed by atoms with Gasteiger partial charge in [-0.3, -0.25) is 4.99 Å². The predicted octanol–water partition coefficient (Wildman–Crippen LogP) is 2.94. The van der Waals surface area contributed by atoms with Gasteiger partial charge in [0.05, 0.1) is 11.6 Å². The first-order chi connectivity index (χ1) is 10.7. The summed E-state index contributed by atoms with van der Waals surface area (Å²) in [6, 6.07) is 0. The maximum atomic E-state index is 5.44. The normalized spacial score (nSPS) is 17.9. The summed E-state index contributed by atoms with van der Waals surface area (Å²) in [4.78, 5) is 11.1. The first-order valence-corrected chi connectivity index (χ1v) is 8.97. The van der Waals surface area contributed by atoms with Gasteiger partial charge in [0.1, 0.15) is 0 Å². The number of nitrogens with zero attached hydrogens (tertiary/aromatic N) is 3. The second-order valence-corrected chi connectivity index (χ2v) is 6.87. The van der Waals surface area contributed by atoms with Crippen LogP contribution in [0.3, 0.4) is 0 Å². The van der Waals surface area contributed by atoms with Crippen LogP contribution in [0.15, 0.2) is 10.4 Å². The molecule has 2 heterocycles. The zero-order chi connectivity index (χ0) is 15.8. The number of guanidine groups is 1. The molecule has 1 aromatic rings. The number of nitrogens with one attached hydrogen (secondary N) is 1. The molecule has 1 N–H and O–H groups in total. The number of hydrogen-bond donors (Lipinski definition) is 1. The number of hydrogen-bond acceptors (Lipinski definition) is 4. The number of unbranched alkanes of at least 4 members (excludes halogenated alkanes) is 1. The molecule has 0 aliphatic carbocycles. The minimum absolute atomic E-state index is 0. The summed E-state index contributed by atoms with van der Waals surface area (Å²) in [6.45, 7) is 5.81. The van der Waals surface area contributed by atoms with Crippen molar-refractivity contribution in [3.05, 3.63) is 16.1 Å². The number of aliphatic imine (C=N–C) groups is 1. The average Bonchev–Trinajstić information content (AvgIpc) is 3.14. The van der Waals surface area contributed by atoms with E-state index in [1.54, 1.807) is 11.3 Å². The fraction of sp³-hybridized carbons (Fsp3) is 0.750. The Morgan fingerprint density at radius 1 is 1.52 bits per heavy atom. The minimum Gasteiger partial charge on any atom is -0.381 e. The monoisotopic (exact) mass is 452 g/mol. The standard InChI is InChI=1S/C16H28N4OS.HI/c1-13-12-22-15(19-13)6-4-5-8-18-16(17-2)20(3)10-14-7-9-21-11-14;/h12,14H,4-11H2,1-3H3,(H,17,18);1H. The molecule has 1 unspecified atom stereocenters. The summed E-state index contributed by atoms with van der Waals surface area (Å²) >= 11 is 1.77. The Kier molecular flexibility index (Phi) is 10.0. The summed E-state index contributed by atoms with van der Waals surface area (Å²) in [7, 11) is 3.95. The number of ether oxygens (including phenoxy) is 1. The van der Waals surface area contributed by atoms with E-state index in [2.05, 4.69) is 39.5 Å². The Bertz CT molecular complexity index is 474. The second-order valence-electron chi connectivity index (χ2n) is 5.92. The Hall–Kier alpha value is -0.410. The third-order valence-corrected chi connectivity index (χ3v) is 4.92. The first kappa shape index (κ1) is 20.6. The molecule has 132 valence electrons. The van der Waals surface area contributed by atoms with Crippen LogP contribution in [0.1, 0.15) is 30.0 Å². The van der Waals surface area contributed by atoms with Crippen LogP contribution in [0.2, 0.25) is 0 Å². The maximum Gasteiger partial charge on any atom is 0.193 e. The van der Waals surface area contributed by atoms with E-state index < -0.39 is 0 Å². The largest absolute Gasteiger partial charge is 0.381 e. The molecule has 1 aliphatic heterocycles. The van der Waals surface area contributed by atoms with Gasteiger partial charge in [-0.25, -0.2) is 4.98 Å². The van der Waals surface area contributed by atoms with Gasteiger partial charge in [0.25, 0.3) is 0 Å². The quantitative estimate of drug-likeness (QED) is 0.299. The molecule has 1 aliphatic rings. The van der Waals surface area contributed by atoms with E-state index in [9.17, 15) is 0 Å². The topological polar surface area (TPSA) is 49.8 Å². The summed E-state index contributed by atoms with van der Waals surface area (Å²) < 4.78 is 5.44.